The first-order valence-corrected chi connectivity index (χ1v) is 4.29. The predicted molar refractivity (Wildman–Crippen MR) is 47.1 cm³/mol. The molecular formula is C9H4F4N2O2. The van der Waals surface area contributed by atoms with Crippen molar-refractivity contribution >= 4 is 11.6 Å². The molecule has 2 heterocycles. The molecule has 0 amide bonds. The van der Waals surface area contributed by atoms with Crippen LogP contribution in [0.1, 0.15) is 16.2 Å². The SMILES string of the molecule is O=C(O)c1c(C(F)(F)F)nc2ccc(F)cn12. The maximum Gasteiger partial charge on any atom is 0.435 e. The summed E-state index contributed by atoms with van der Waals surface area (Å²) in [4.78, 5) is 13.9. The number of carboxylic acid groups (broad SMARTS) is 1. The minimum Gasteiger partial charge on any atom is -0.476 e. The van der Waals surface area contributed by atoms with Crippen LogP contribution in [0.4, 0.5) is 17.6 Å². The highest BCUT2D eigenvalue weighted by Crippen LogP contribution is 2.31. The molecule has 0 unspecified atom stereocenters. The largest absolute Gasteiger partial charge is 0.476 e. The number of carbonyl (C=O) groups is 1. The van der Waals surface area contributed by atoms with Gasteiger partial charge in [0.25, 0.3) is 0 Å². The second kappa shape index (κ2) is 3.44. The Hall–Kier alpha value is -2.12. The van der Waals surface area contributed by atoms with E-state index in [1.54, 1.807) is 0 Å². The minimum absolute atomic E-state index is 0.281. The van der Waals surface area contributed by atoms with E-state index < -0.39 is 29.4 Å². The van der Waals surface area contributed by atoms with Crippen LogP contribution in [0.5, 0.6) is 0 Å². The van der Waals surface area contributed by atoms with Crippen molar-refractivity contribution in [3.05, 3.63) is 35.5 Å². The monoisotopic (exact) mass is 248 g/mol. The lowest BCUT2D eigenvalue weighted by Gasteiger charge is -2.03. The number of fused-ring (bicyclic) bond motifs is 1. The van der Waals surface area contributed by atoms with Gasteiger partial charge in [-0.25, -0.2) is 14.2 Å². The number of hydrogen-bond donors (Lipinski definition) is 1. The second-order valence-electron chi connectivity index (χ2n) is 3.19. The van der Waals surface area contributed by atoms with Crippen molar-refractivity contribution in [2.75, 3.05) is 0 Å². The van der Waals surface area contributed by atoms with Gasteiger partial charge in [-0.15, -0.1) is 0 Å². The normalized spacial score (nSPS) is 12.0. The highest BCUT2D eigenvalue weighted by atomic mass is 19.4. The number of imidazole rings is 1. The van der Waals surface area contributed by atoms with Gasteiger partial charge in [0, 0.05) is 6.20 Å². The molecule has 0 aliphatic heterocycles. The van der Waals surface area contributed by atoms with E-state index in [9.17, 15) is 22.4 Å². The van der Waals surface area contributed by atoms with Gasteiger partial charge < -0.3 is 5.11 Å². The molecule has 0 aromatic carbocycles. The summed E-state index contributed by atoms with van der Waals surface area (Å²) in [6.45, 7) is 0. The standard InChI is InChI=1S/C9H4F4N2O2/c10-4-1-2-5-14-7(9(11,12)13)6(8(16)17)15(5)3-4/h1-3H,(H,16,17). The van der Waals surface area contributed by atoms with Gasteiger partial charge in [-0.2, -0.15) is 13.2 Å². The number of carboxylic acids is 1. The fourth-order valence-corrected chi connectivity index (χ4v) is 1.42. The molecule has 17 heavy (non-hydrogen) atoms. The first-order valence-electron chi connectivity index (χ1n) is 4.29. The first kappa shape index (κ1) is 11.4. The molecule has 0 bridgehead atoms. The van der Waals surface area contributed by atoms with E-state index in [0.717, 1.165) is 12.1 Å². The van der Waals surface area contributed by atoms with Gasteiger partial charge in [0.05, 0.1) is 0 Å². The highest BCUT2D eigenvalue weighted by molar-refractivity contribution is 5.88. The Labute approximate surface area is 91.1 Å². The molecule has 0 aliphatic carbocycles. The average molecular weight is 248 g/mol. The topological polar surface area (TPSA) is 54.6 Å². The molecule has 2 aromatic heterocycles. The third-order valence-electron chi connectivity index (χ3n) is 2.05. The third-order valence-corrected chi connectivity index (χ3v) is 2.05. The van der Waals surface area contributed by atoms with Crippen LogP contribution in [0.25, 0.3) is 5.65 Å². The molecular weight excluding hydrogens is 244 g/mol. The van der Waals surface area contributed by atoms with Crippen LogP contribution in [0.3, 0.4) is 0 Å². The average Bonchev–Trinajstić information content (AvgIpc) is 2.55. The van der Waals surface area contributed by atoms with Crippen LogP contribution in [0.15, 0.2) is 18.3 Å². The maximum absolute atomic E-state index is 12.9. The predicted octanol–water partition coefficient (Wildman–Crippen LogP) is 2.19. The lowest BCUT2D eigenvalue weighted by atomic mass is 10.3. The van der Waals surface area contributed by atoms with Crippen molar-refractivity contribution in [2.24, 2.45) is 0 Å². The number of hydrogen-bond acceptors (Lipinski definition) is 2. The molecule has 0 atom stereocenters. The van der Waals surface area contributed by atoms with Crippen LogP contribution in [0, 0.1) is 5.82 Å². The molecule has 90 valence electrons. The molecule has 0 fully saturated rings. The van der Waals surface area contributed by atoms with Gasteiger partial charge in [0.1, 0.15) is 11.5 Å². The Bertz CT molecular complexity index is 603. The van der Waals surface area contributed by atoms with Crippen molar-refractivity contribution in [3.63, 3.8) is 0 Å². The Morgan fingerprint density at radius 1 is 1.35 bits per heavy atom. The maximum atomic E-state index is 12.9. The number of nitrogens with zero attached hydrogens (tertiary/aromatic N) is 2. The summed E-state index contributed by atoms with van der Waals surface area (Å²) in [5, 5.41) is 8.72. The number of aromatic carboxylic acids is 1. The molecule has 2 rings (SSSR count). The Kier molecular flexibility index (Phi) is 2.30. The zero-order valence-corrected chi connectivity index (χ0v) is 7.99. The smallest absolute Gasteiger partial charge is 0.435 e. The molecule has 0 aliphatic rings. The van der Waals surface area contributed by atoms with E-state index in [0.29, 0.717) is 10.6 Å². The number of halogens is 4. The lowest BCUT2D eigenvalue weighted by molar-refractivity contribution is -0.141. The Balaban J connectivity index is 2.86. The summed E-state index contributed by atoms with van der Waals surface area (Å²) in [5.74, 6) is -2.68. The van der Waals surface area contributed by atoms with E-state index in [-0.39, 0.29) is 5.65 Å². The zero-order valence-electron chi connectivity index (χ0n) is 7.99. The molecule has 0 spiro atoms. The number of rotatable bonds is 1. The minimum atomic E-state index is -4.91. The fraction of sp³-hybridized carbons (Fsp3) is 0.111. The summed E-state index contributed by atoms with van der Waals surface area (Å²) in [5.41, 5.74) is -2.93. The van der Waals surface area contributed by atoms with Gasteiger partial charge in [0.2, 0.25) is 0 Å². The van der Waals surface area contributed by atoms with Gasteiger partial charge in [-0.3, -0.25) is 4.40 Å². The van der Waals surface area contributed by atoms with Crippen molar-refractivity contribution < 1.29 is 27.5 Å². The molecule has 2 aromatic rings. The first-order chi connectivity index (χ1) is 7.80. The van der Waals surface area contributed by atoms with Gasteiger partial charge >= 0.3 is 12.1 Å². The Morgan fingerprint density at radius 2 is 2.00 bits per heavy atom. The van der Waals surface area contributed by atoms with Gasteiger partial charge in [0.15, 0.2) is 11.4 Å². The van der Waals surface area contributed by atoms with E-state index in [1.807, 2.05) is 0 Å². The van der Waals surface area contributed by atoms with Crippen molar-refractivity contribution in [3.8, 4) is 0 Å². The quantitative estimate of drug-likeness (QED) is 0.787. The summed E-state index contributed by atoms with van der Waals surface area (Å²) in [6.07, 6.45) is -4.27. The van der Waals surface area contributed by atoms with Crippen LogP contribution in [0.2, 0.25) is 0 Å². The van der Waals surface area contributed by atoms with E-state index in [4.69, 9.17) is 5.11 Å². The molecule has 0 saturated carbocycles. The fourth-order valence-electron chi connectivity index (χ4n) is 1.42. The third kappa shape index (κ3) is 1.81. The van der Waals surface area contributed by atoms with Crippen molar-refractivity contribution in [2.45, 2.75) is 6.18 Å². The highest BCUT2D eigenvalue weighted by Gasteiger charge is 2.40. The molecule has 1 N–H and O–H groups in total. The summed E-state index contributed by atoms with van der Waals surface area (Å²) in [7, 11) is 0. The van der Waals surface area contributed by atoms with E-state index in [2.05, 4.69) is 4.98 Å². The zero-order chi connectivity index (χ0) is 12.8. The number of alkyl halides is 3. The second-order valence-corrected chi connectivity index (χ2v) is 3.19. The number of pyridine rings is 1. The summed E-state index contributed by atoms with van der Waals surface area (Å²) < 4.78 is 51.0. The van der Waals surface area contributed by atoms with Crippen LogP contribution in [-0.2, 0) is 6.18 Å². The number of aromatic nitrogens is 2. The molecule has 0 radical (unpaired) electrons. The Morgan fingerprint density at radius 3 is 2.53 bits per heavy atom. The lowest BCUT2D eigenvalue weighted by Crippen LogP contribution is -2.13. The van der Waals surface area contributed by atoms with Gasteiger partial charge in [-0.1, -0.05) is 0 Å². The van der Waals surface area contributed by atoms with Crippen molar-refractivity contribution in [1.29, 1.82) is 0 Å². The molecule has 8 heteroatoms. The van der Waals surface area contributed by atoms with E-state index >= 15 is 0 Å². The van der Waals surface area contributed by atoms with Crippen LogP contribution >= 0.6 is 0 Å². The van der Waals surface area contributed by atoms with Crippen LogP contribution in [-0.4, -0.2) is 20.5 Å². The van der Waals surface area contributed by atoms with Gasteiger partial charge in [-0.05, 0) is 12.1 Å². The molecule has 0 saturated heterocycles. The molecule has 4 nitrogen and oxygen atoms in total. The van der Waals surface area contributed by atoms with Crippen LogP contribution < -0.4 is 0 Å². The summed E-state index contributed by atoms with van der Waals surface area (Å²) >= 11 is 0. The summed E-state index contributed by atoms with van der Waals surface area (Å²) in [6, 6.07) is 1.87. The van der Waals surface area contributed by atoms with E-state index in [1.165, 1.54) is 0 Å². The van der Waals surface area contributed by atoms with Crippen molar-refractivity contribution in [1.82, 2.24) is 9.38 Å².